The number of nitrogens with zero attached hydrogens (tertiary/aromatic N) is 1. The van der Waals surface area contributed by atoms with Crippen LogP contribution in [0.2, 0.25) is 0 Å². The highest BCUT2D eigenvalue weighted by Crippen LogP contribution is 2.38. The molecule has 4 aromatic rings. The molecule has 0 unspecified atom stereocenters. The number of benzene rings is 2. The first kappa shape index (κ1) is 18.4. The quantitative estimate of drug-likeness (QED) is 0.515. The number of carbonyl (C=O) groups is 1. The second-order valence-corrected chi connectivity index (χ2v) is 9.25. The number of hydrogen-bond donors (Lipinski definition) is 1. The van der Waals surface area contributed by atoms with Gasteiger partial charge in [0, 0.05) is 22.5 Å². The van der Waals surface area contributed by atoms with Crippen LogP contribution in [0.15, 0.2) is 47.5 Å². The Balaban J connectivity index is 2.13. The van der Waals surface area contributed by atoms with Crippen LogP contribution in [-0.4, -0.2) is 30.4 Å². The molecule has 0 aliphatic heterocycles. The van der Waals surface area contributed by atoms with Crippen LogP contribution in [0, 0.1) is 13.8 Å². The molecular formula is C22H20N2O3S. The van der Waals surface area contributed by atoms with Crippen molar-refractivity contribution in [3.63, 3.8) is 0 Å². The third-order valence-corrected chi connectivity index (χ3v) is 6.91. The first-order valence-electron chi connectivity index (χ1n) is 9.05. The van der Waals surface area contributed by atoms with Gasteiger partial charge in [0.1, 0.15) is 11.9 Å². The largest absolute Gasteiger partial charge is 0.339 e. The van der Waals surface area contributed by atoms with Crippen molar-refractivity contribution < 1.29 is 13.2 Å². The van der Waals surface area contributed by atoms with Crippen LogP contribution in [0.1, 0.15) is 28.4 Å². The number of nitrogens with one attached hydrogen (secondary N) is 1. The number of hydrogen-bond acceptors (Lipinski definition) is 4. The fraction of sp³-hybridized carbons (Fsp3) is 0.182. The molecule has 2 heterocycles. The summed E-state index contributed by atoms with van der Waals surface area (Å²) in [6.45, 7) is 5.51. The zero-order valence-corrected chi connectivity index (χ0v) is 16.7. The number of aromatic amines is 1. The van der Waals surface area contributed by atoms with E-state index in [1.54, 1.807) is 31.3 Å². The number of pyridine rings is 1. The van der Waals surface area contributed by atoms with Crippen molar-refractivity contribution in [2.24, 2.45) is 0 Å². The fourth-order valence-corrected chi connectivity index (χ4v) is 4.52. The Morgan fingerprint density at radius 2 is 1.93 bits per heavy atom. The lowest BCUT2D eigenvalue weighted by atomic mass is 9.94. The van der Waals surface area contributed by atoms with Crippen LogP contribution in [0.25, 0.3) is 33.1 Å². The molecule has 28 heavy (non-hydrogen) atoms. The summed E-state index contributed by atoms with van der Waals surface area (Å²) >= 11 is 0. The van der Waals surface area contributed by atoms with Crippen LogP contribution < -0.4 is 0 Å². The van der Waals surface area contributed by atoms with Crippen molar-refractivity contribution in [2.45, 2.75) is 25.7 Å². The van der Waals surface area contributed by atoms with Crippen molar-refractivity contribution in [1.82, 2.24) is 9.97 Å². The summed E-state index contributed by atoms with van der Waals surface area (Å²) in [7, 11) is -3.33. The minimum Gasteiger partial charge on any atom is -0.339 e. The lowest BCUT2D eigenvalue weighted by Crippen LogP contribution is -2.03. The van der Waals surface area contributed by atoms with Crippen molar-refractivity contribution in [3.05, 3.63) is 59.3 Å². The van der Waals surface area contributed by atoms with Crippen LogP contribution in [-0.2, 0) is 9.84 Å². The first-order chi connectivity index (χ1) is 13.4. The maximum absolute atomic E-state index is 12.4. The van der Waals surface area contributed by atoms with E-state index in [1.807, 2.05) is 26.0 Å². The van der Waals surface area contributed by atoms with Gasteiger partial charge in [-0.25, -0.2) is 13.4 Å². The van der Waals surface area contributed by atoms with Crippen LogP contribution >= 0.6 is 0 Å². The molecule has 142 valence electrons. The Bertz CT molecular complexity index is 1350. The van der Waals surface area contributed by atoms with E-state index in [0.717, 1.165) is 50.5 Å². The standard InChI is InChI=1S/C22H20N2O3S/c1-4-28(26,27)17-7-5-6-15(9-17)18-10-16(12-25)14(3)21-20(18)19-8-13(2)11-23-22(19)24-21/h5-12H,4H2,1-3H3,(H,23,24). The molecule has 6 heteroatoms. The molecule has 2 aromatic carbocycles. The van der Waals surface area contributed by atoms with Gasteiger partial charge in [-0.2, -0.15) is 0 Å². The number of aryl methyl sites for hydroxylation is 2. The number of fused-ring (bicyclic) bond motifs is 3. The first-order valence-corrected chi connectivity index (χ1v) is 10.7. The molecular weight excluding hydrogens is 372 g/mol. The number of aldehydes is 1. The van der Waals surface area contributed by atoms with Gasteiger partial charge in [-0.05, 0) is 60.4 Å². The van der Waals surface area contributed by atoms with Crippen LogP contribution in [0.3, 0.4) is 0 Å². The Labute approximate surface area is 163 Å². The van der Waals surface area contributed by atoms with E-state index in [-0.39, 0.29) is 10.6 Å². The molecule has 0 radical (unpaired) electrons. The highest BCUT2D eigenvalue weighted by Gasteiger charge is 2.18. The van der Waals surface area contributed by atoms with E-state index in [2.05, 4.69) is 16.0 Å². The number of H-pyrrole nitrogens is 1. The molecule has 4 rings (SSSR count). The second kappa shape index (κ2) is 6.56. The lowest BCUT2D eigenvalue weighted by molar-refractivity contribution is 0.112. The number of carbonyl (C=O) groups excluding carboxylic acids is 1. The molecule has 1 N–H and O–H groups in total. The predicted octanol–water partition coefficient (Wildman–Crippen LogP) is 4.61. The molecule has 0 saturated carbocycles. The number of rotatable bonds is 4. The molecule has 5 nitrogen and oxygen atoms in total. The molecule has 0 amide bonds. The molecule has 0 aliphatic carbocycles. The van der Waals surface area contributed by atoms with Gasteiger partial charge in [0.15, 0.2) is 9.84 Å². The summed E-state index contributed by atoms with van der Waals surface area (Å²) in [6.07, 6.45) is 2.62. The molecule has 0 atom stereocenters. The topological polar surface area (TPSA) is 79.9 Å². The van der Waals surface area contributed by atoms with E-state index in [9.17, 15) is 13.2 Å². The van der Waals surface area contributed by atoms with Crippen molar-refractivity contribution in [1.29, 1.82) is 0 Å². The smallest absolute Gasteiger partial charge is 0.178 e. The number of sulfone groups is 1. The number of aromatic nitrogens is 2. The van der Waals surface area contributed by atoms with Gasteiger partial charge in [-0.15, -0.1) is 0 Å². The van der Waals surface area contributed by atoms with Gasteiger partial charge in [0.2, 0.25) is 0 Å². The molecule has 0 saturated heterocycles. The van der Waals surface area contributed by atoms with E-state index >= 15 is 0 Å². The van der Waals surface area contributed by atoms with Gasteiger partial charge in [0.05, 0.1) is 16.2 Å². The maximum Gasteiger partial charge on any atom is 0.178 e. The van der Waals surface area contributed by atoms with Gasteiger partial charge >= 0.3 is 0 Å². The average molecular weight is 392 g/mol. The Morgan fingerprint density at radius 3 is 2.64 bits per heavy atom. The van der Waals surface area contributed by atoms with Gasteiger partial charge < -0.3 is 4.98 Å². The van der Waals surface area contributed by atoms with Crippen LogP contribution in [0.4, 0.5) is 0 Å². The Morgan fingerprint density at radius 1 is 1.14 bits per heavy atom. The van der Waals surface area contributed by atoms with Gasteiger partial charge in [-0.3, -0.25) is 4.79 Å². The Kier molecular flexibility index (Phi) is 4.31. The average Bonchev–Trinajstić information content (AvgIpc) is 3.08. The minimum atomic E-state index is -3.33. The van der Waals surface area contributed by atoms with Crippen molar-refractivity contribution >= 4 is 38.1 Å². The molecule has 2 aromatic heterocycles. The fourth-order valence-electron chi connectivity index (χ4n) is 3.59. The molecule has 0 fully saturated rings. The van der Waals surface area contributed by atoms with Crippen molar-refractivity contribution in [3.8, 4) is 11.1 Å². The second-order valence-electron chi connectivity index (χ2n) is 6.97. The normalized spacial score (nSPS) is 12.0. The highest BCUT2D eigenvalue weighted by atomic mass is 32.2. The zero-order chi connectivity index (χ0) is 20.1. The molecule has 0 spiro atoms. The highest BCUT2D eigenvalue weighted by molar-refractivity contribution is 7.91. The Hall–Kier alpha value is -2.99. The minimum absolute atomic E-state index is 0.0373. The van der Waals surface area contributed by atoms with E-state index in [0.29, 0.717) is 5.56 Å². The monoisotopic (exact) mass is 392 g/mol. The predicted molar refractivity (Wildman–Crippen MR) is 112 cm³/mol. The maximum atomic E-state index is 12.4. The summed E-state index contributed by atoms with van der Waals surface area (Å²) in [5, 5.41) is 1.90. The molecule has 0 aliphatic rings. The zero-order valence-electron chi connectivity index (χ0n) is 15.9. The third-order valence-electron chi connectivity index (χ3n) is 5.18. The summed E-state index contributed by atoms with van der Waals surface area (Å²) in [5.41, 5.74) is 5.59. The van der Waals surface area contributed by atoms with Crippen LogP contribution in [0.5, 0.6) is 0 Å². The van der Waals surface area contributed by atoms with E-state index in [1.165, 1.54) is 0 Å². The van der Waals surface area contributed by atoms with E-state index in [4.69, 9.17) is 0 Å². The summed E-state index contributed by atoms with van der Waals surface area (Å²) in [6, 6.07) is 10.8. The third kappa shape index (κ3) is 2.81. The van der Waals surface area contributed by atoms with Gasteiger partial charge in [0.25, 0.3) is 0 Å². The lowest BCUT2D eigenvalue weighted by Gasteiger charge is -2.11. The summed E-state index contributed by atoms with van der Waals surface area (Å²) < 4.78 is 24.7. The van der Waals surface area contributed by atoms with E-state index < -0.39 is 9.84 Å². The molecule has 0 bridgehead atoms. The van der Waals surface area contributed by atoms with Gasteiger partial charge in [-0.1, -0.05) is 19.1 Å². The summed E-state index contributed by atoms with van der Waals surface area (Å²) in [4.78, 5) is 19.8. The summed E-state index contributed by atoms with van der Waals surface area (Å²) in [5.74, 6) is 0.0373. The van der Waals surface area contributed by atoms with Crippen molar-refractivity contribution in [2.75, 3.05) is 5.75 Å². The SMILES string of the molecule is CCS(=O)(=O)c1cccc(-c2cc(C=O)c(C)c3[nH]c4ncc(C)cc4c23)c1.